The number of nitrogens with zero attached hydrogens (tertiary/aromatic N) is 1. The Balaban J connectivity index is 1.95. The maximum Gasteiger partial charge on any atom is 0.124 e. The fourth-order valence-electron chi connectivity index (χ4n) is 2.57. The van der Waals surface area contributed by atoms with E-state index in [0.717, 1.165) is 18.9 Å². The number of rotatable bonds is 6. The zero-order chi connectivity index (χ0) is 13.7. The second-order valence-electron chi connectivity index (χ2n) is 5.45. The Morgan fingerprint density at radius 2 is 2.05 bits per heavy atom. The minimum absolute atomic E-state index is 0.322. The van der Waals surface area contributed by atoms with Gasteiger partial charge in [-0.1, -0.05) is 12.1 Å². The molecule has 1 aromatic rings. The SMILES string of the molecule is CNC(C)c1ccc(C)cc1OCCN1CCCC1. The highest BCUT2D eigenvalue weighted by Crippen LogP contribution is 2.26. The van der Waals surface area contributed by atoms with E-state index in [0.29, 0.717) is 6.04 Å². The minimum atomic E-state index is 0.322. The molecule has 19 heavy (non-hydrogen) atoms. The summed E-state index contributed by atoms with van der Waals surface area (Å²) in [7, 11) is 1.98. The fourth-order valence-corrected chi connectivity index (χ4v) is 2.57. The van der Waals surface area contributed by atoms with Crippen molar-refractivity contribution < 1.29 is 4.74 Å². The monoisotopic (exact) mass is 262 g/mol. The van der Waals surface area contributed by atoms with Gasteiger partial charge in [-0.15, -0.1) is 0 Å². The van der Waals surface area contributed by atoms with E-state index >= 15 is 0 Å². The van der Waals surface area contributed by atoms with Crippen LogP contribution in [-0.4, -0.2) is 38.2 Å². The molecule has 1 unspecified atom stereocenters. The van der Waals surface area contributed by atoms with Crippen LogP contribution in [0.15, 0.2) is 18.2 Å². The molecule has 1 atom stereocenters. The van der Waals surface area contributed by atoms with Crippen molar-refractivity contribution in [2.24, 2.45) is 0 Å². The summed E-state index contributed by atoms with van der Waals surface area (Å²) in [5.74, 6) is 1.03. The zero-order valence-corrected chi connectivity index (χ0v) is 12.4. The number of hydrogen-bond donors (Lipinski definition) is 1. The van der Waals surface area contributed by atoms with Gasteiger partial charge in [-0.25, -0.2) is 0 Å². The van der Waals surface area contributed by atoms with E-state index in [9.17, 15) is 0 Å². The van der Waals surface area contributed by atoms with Crippen LogP contribution >= 0.6 is 0 Å². The number of benzene rings is 1. The molecule has 0 spiro atoms. The van der Waals surface area contributed by atoms with Crippen molar-refractivity contribution in [2.45, 2.75) is 32.7 Å². The summed E-state index contributed by atoms with van der Waals surface area (Å²) < 4.78 is 6.02. The van der Waals surface area contributed by atoms with Crippen LogP contribution in [-0.2, 0) is 0 Å². The summed E-state index contributed by atoms with van der Waals surface area (Å²) in [6, 6.07) is 6.79. The molecule has 1 heterocycles. The van der Waals surface area contributed by atoms with Gasteiger partial charge in [0.05, 0.1) is 0 Å². The van der Waals surface area contributed by atoms with E-state index in [1.54, 1.807) is 0 Å². The molecular weight excluding hydrogens is 236 g/mol. The molecular formula is C16H26N2O. The molecule has 1 aromatic carbocycles. The Labute approximate surface area is 116 Å². The number of ether oxygens (including phenoxy) is 1. The van der Waals surface area contributed by atoms with Gasteiger partial charge in [0.2, 0.25) is 0 Å². The predicted molar refractivity (Wildman–Crippen MR) is 79.8 cm³/mol. The Morgan fingerprint density at radius 1 is 1.32 bits per heavy atom. The second-order valence-corrected chi connectivity index (χ2v) is 5.45. The Morgan fingerprint density at radius 3 is 2.74 bits per heavy atom. The molecule has 0 saturated carbocycles. The molecule has 106 valence electrons. The quantitative estimate of drug-likeness (QED) is 0.853. The van der Waals surface area contributed by atoms with Crippen molar-refractivity contribution >= 4 is 0 Å². The van der Waals surface area contributed by atoms with Crippen LogP contribution in [0.3, 0.4) is 0 Å². The molecule has 0 amide bonds. The number of nitrogens with one attached hydrogen (secondary N) is 1. The first-order valence-corrected chi connectivity index (χ1v) is 7.33. The summed E-state index contributed by atoms with van der Waals surface area (Å²) in [6.07, 6.45) is 2.68. The van der Waals surface area contributed by atoms with Crippen molar-refractivity contribution in [3.63, 3.8) is 0 Å². The highest BCUT2D eigenvalue weighted by atomic mass is 16.5. The molecule has 3 nitrogen and oxygen atoms in total. The van der Waals surface area contributed by atoms with Crippen LogP contribution in [0.4, 0.5) is 0 Å². The highest BCUT2D eigenvalue weighted by Gasteiger charge is 2.13. The normalized spacial score (nSPS) is 17.6. The van der Waals surface area contributed by atoms with Crippen LogP contribution < -0.4 is 10.1 Å². The van der Waals surface area contributed by atoms with Gasteiger partial charge in [0.25, 0.3) is 0 Å². The van der Waals surface area contributed by atoms with E-state index < -0.39 is 0 Å². The van der Waals surface area contributed by atoms with Crippen molar-refractivity contribution in [1.29, 1.82) is 0 Å². The maximum atomic E-state index is 6.02. The molecule has 0 aliphatic carbocycles. The first kappa shape index (κ1) is 14.4. The molecule has 0 radical (unpaired) electrons. The van der Waals surface area contributed by atoms with Crippen molar-refractivity contribution in [3.8, 4) is 5.75 Å². The average Bonchev–Trinajstić information content (AvgIpc) is 2.91. The Kier molecular flexibility index (Phi) is 5.23. The lowest BCUT2D eigenvalue weighted by atomic mass is 10.1. The third-order valence-electron chi connectivity index (χ3n) is 3.93. The largest absolute Gasteiger partial charge is 0.492 e. The van der Waals surface area contributed by atoms with Gasteiger partial charge in [0, 0.05) is 18.2 Å². The number of hydrogen-bond acceptors (Lipinski definition) is 3. The van der Waals surface area contributed by atoms with Gasteiger partial charge in [-0.2, -0.15) is 0 Å². The van der Waals surface area contributed by atoms with Crippen LogP contribution in [0.1, 0.15) is 36.9 Å². The van der Waals surface area contributed by atoms with Gasteiger partial charge >= 0.3 is 0 Å². The number of likely N-dealkylation sites (tertiary alicyclic amines) is 1. The van der Waals surface area contributed by atoms with E-state index in [4.69, 9.17) is 4.74 Å². The molecule has 1 saturated heterocycles. The minimum Gasteiger partial charge on any atom is -0.492 e. The van der Waals surface area contributed by atoms with Gasteiger partial charge in [0.1, 0.15) is 12.4 Å². The van der Waals surface area contributed by atoms with Crippen molar-refractivity contribution in [2.75, 3.05) is 33.3 Å². The third-order valence-corrected chi connectivity index (χ3v) is 3.93. The topological polar surface area (TPSA) is 24.5 Å². The molecule has 0 aromatic heterocycles. The van der Waals surface area contributed by atoms with E-state index in [1.807, 2.05) is 7.05 Å². The van der Waals surface area contributed by atoms with Crippen molar-refractivity contribution in [1.82, 2.24) is 10.2 Å². The molecule has 0 bridgehead atoms. The summed E-state index contributed by atoms with van der Waals surface area (Å²) >= 11 is 0. The van der Waals surface area contributed by atoms with Crippen molar-refractivity contribution in [3.05, 3.63) is 29.3 Å². The number of aryl methyl sites for hydroxylation is 1. The zero-order valence-electron chi connectivity index (χ0n) is 12.4. The van der Waals surface area contributed by atoms with Crippen LogP contribution in [0.5, 0.6) is 5.75 Å². The van der Waals surface area contributed by atoms with Gasteiger partial charge in [-0.05, 0) is 58.5 Å². The molecule has 1 fully saturated rings. The maximum absolute atomic E-state index is 6.02. The van der Waals surface area contributed by atoms with Gasteiger partial charge in [-0.3, -0.25) is 4.90 Å². The Hall–Kier alpha value is -1.06. The summed E-state index contributed by atoms with van der Waals surface area (Å²) in [5.41, 5.74) is 2.50. The first-order valence-electron chi connectivity index (χ1n) is 7.33. The molecule has 2 rings (SSSR count). The first-order chi connectivity index (χ1) is 9.20. The van der Waals surface area contributed by atoms with Crippen LogP contribution in [0, 0.1) is 6.92 Å². The molecule has 1 N–H and O–H groups in total. The molecule has 1 aliphatic heterocycles. The lowest BCUT2D eigenvalue weighted by Crippen LogP contribution is -2.25. The standard InChI is InChI=1S/C16H26N2O/c1-13-6-7-15(14(2)17-3)16(12-13)19-11-10-18-8-4-5-9-18/h6-7,12,14,17H,4-5,8-11H2,1-3H3. The highest BCUT2D eigenvalue weighted by molar-refractivity contribution is 5.39. The predicted octanol–water partition coefficient (Wildman–Crippen LogP) is 2.75. The van der Waals surface area contributed by atoms with Gasteiger partial charge < -0.3 is 10.1 Å². The fraction of sp³-hybridized carbons (Fsp3) is 0.625. The third kappa shape index (κ3) is 3.95. The van der Waals surface area contributed by atoms with E-state index in [1.165, 1.54) is 37.1 Å². The lowest BCUT2D eigenvalue weighted by Gasteiger charge is -2.19. The smallest absolute Gasteiger partial charge is 0.124 e. The average molecular weight is 262 g/mol. The molecule has 1 aliphatic rings. The second kappa shape index (κ2) is 6.92. The van der Waals surface area contributed by atoms with Crippen LogP contribution in [0.25, 0.3) is 0 Å². The summed E-state index contributed by atoms with van der Waals surface area (Å²) in [4.78, 5) is 2.48. The van der Waals surface area contributed by atoms with E-state index in [2.05, 4.69) is 42.3 Å². The van der Waals surface area contributed by atoms with E-state index in [-0.39, 0.29) is 0 Å². The Bertz CT molecular complexity index is 400. The van der Waals surface area contributed by atoms with Gasteiger partial charge in [0.15, 0.2) is 0 Å². The van der Waals surface area contributed by atoms with Crippen LogP contribution in [0.2, 0.25) is 0 Å². The lowest BCUT2D eigenvalue weighted by molar-refractivity contribution is 0.235. The molecule has 3 heteroatoms. The summed E-state index contributed by atoms with van der Waals surface area (Å²) in [5, 5.41) is 3.28. The summed E-state index contributed by atoms with van der Waals surface area (Å²) in [6.45, 7) is 8.57.